The summed E-state index contributed by atoms with van der Waals surface area (Å²) in [6.07, 6.45) is 3.40. The SMILES string of the molecule is CCC1(C)CCN(CC(O)c2c(C)cc(C)cc2C)CC1. The van der Waals surface area contributed by atoms with Gasteiger partial charge in [-0.05, 0) is 68.8 Å². The average Bonchev–Trinajstić information content (AvgIpc) is 2.40. The third-order valence-electron chi connectivity index (χ3n) is 5.42. The minimum Gasteiger partial charge on any atom is -0.387 e. The molecule has 1 aromatic rings. The smallest absolute Gasteiger partial charge is 0.0922 e. The van der Waals surface area contributed by atoms with Crippen LogP contribution in [-0.2, 0) is 0 Å². The van der Waals surface area contributed by atoms with Crippen LogP contribution in [0.25, 0.3) is 0 Å². The van der Waals surface area contributed by atoms with E-state index in [2.05, 4.69) is 51.7 Å². The summed E-state index contributed by atoms with van der Waals surface area (Å²) in [6.45, 7) is 14.0. The van der Waals surface area contributed by atoms with E-state index in [0.29, 0.717) is 5.41 Å². The van der Waals surface area contributed by atoms with E-state index < -0.39 is 0 Å². The first-order chi connectivity index (χ1) is 9.84. The molecule has 2 heteroatoms. The molecule has 0 spiro atoms. The highest BCUT2D eigenvalue weighted by Gasteiger charge is 2.29. The van der Waals surface area contributed by atoms with Crippen LogP contribution < -0.4 is 0 Å². The maximum Gasteiger partial charge on any atom is 0.0922 e. The number of benzene rings is 1. The summed E-state index contributed by atoms with van der Waals surface area (Å²) >= 11 is 0. The van der Waals surface area contributed by atoms with Crippen molar-refractivity contribution in [3.63, 3.8) is 0 Å². The molecule has 0 radical (unpaired) electrons. The molecule has 0 aliphatic carbocycles. The maximum atomic E-state index is 10.7. The molecule has 1 aliphatic heterocycles. The first-order valence-electron chi connectivity index (χ1n) is 8.33. The quantitative estimate of drug-likeness (QED) is 0.899. The maximum absolute atomic E-state index is 10.7. The van der Waals surface area contributed by atoms with Crippen LogP contribution in [0.2, 0.25) is 0 Å². The number of hydrogen-bond donors (Lipinski definition) is 1. The Morgan fingerprint density at radius 1 is 1.14 bits per heavy atom. The minimum atomic E-state index is -0.364. The fourth-order valence-corrected chi connectivity index (χ4v) is 3.68. The van der Waals surface area contributed by atoms with Crippen molar-refractivity contribution in [1.82, 2.24) is 4.90 Å². The van der Waals surface area contributed by atoms with Crippen LogP contribution in [0.1, 0.15) is 61.5 Å². The number of aliphatic hydroxyl groups excluding tert-OH is 1. The number of aliphatic hydroxyl groups is 1. The molecule has 1 atom stereocenters. The molecule has 1 unspecified atom stereocenters. The van der Waals surface area contributed by atoms with Crippen LogP contribution in [0.4, 0.5) is 0 Å². The van der Waals surface area contributed by atoms with Crippen molar-refractivity contribution in [2.75, 3.05) is 19.6 Å². The number of nitrogens with zero attached hydrogens (tertiary/aromatic N) is 1. The van der Waals surface area contributed by atoms with E-state index in [-0.39, 0.29) is 6.10 Å². The molecular weight excluding hydrogens is 258 g/mol. The van der Waals surface area contributed by atoms with Crippen molar-refractivity contribution in [2.24, 2.45) is 5.41 Å². The lowest BCUT2D eigenvalue weighted by Crippen LogP contribution is -2.40. The van der Waals surface area contributed by atoms with E-state index in [4.69, 9.17) is 0 Å². The molecule has 1 heterocycles. The van der Waals surface area contributed by atoms with Crippen molar-refractivity contribution in [3.05, 3.63) is 34.4 Å². The zero-order valence-corrected chi connectivity index (χ0v) is 14.4. The molecule has 0 amide bonds. The summed E-state index contributed by atoms with van der Waals surface area (Å²) in [5.41, 5.74) is 5.35. The largest absolute Gasteiger partial charge is 0.387 e. The van der Waals surface area contributed by atoms with Crippen LogP contribution in [0.3, 0.4) is 0 Å². The number of β-amino-alcohol motifs (C(OH)–C–C–N with tert-alkyl or cyclic N) is 1. The Hall–Kier alpha value is -0.860. The number of likely N-dealkylation sites (tertiary alicyclic amines) is 1. The van der Waals surface area contributed by atoms with Gasteiger partial charge in [0.25, 0.3) is 0 Å². The van der Waals surface area contributed by atoms with Crippen molar-refractivity contribution in [2.45, 2.75) is 60.0 Å². The van der Waals surface area contributed by atoms with Crippen molar-refractivity contribution in [1.29, 1.82) is 0 Å². The van der Waals surface area contributed by atoms with Gasteiger partial charge in [-0.2, -0.15) is 0 Å². The standard InChI is InChI=1S/C19H31NO/c1-6-19(5)7-9-20(10-8-19)13-17(21)18-15(3)11-14(2)12-16(18)4/h11-12,17,21H,6-10,13H2,1-5H3. The Morgan fingerprint density at radius 3 is 2.14 bits per heavy atom. The highest BCUT2D eigenvalue weighted by atomic mass is 16.3. The van der Waals surface area contributed by atoms with Gasteiger partial charge in [-0.1, -0.05) is 38.0 Å². The summed E-state index contributed by atoms with van der Waals surface area (Å²) in [7, 11) is 0. The second-order valence-corrected chi connectivity index (χ2v) is 7.29. The van der Waals surface area contributed by atoms with Crippen LogP contribution in [-0.4, -0.2) is 29.6 Å². The molecule has 1 fully saturated rings. The zero-order chi connectivity index (χ0) is 15.6. The topological polar surface area (TPSA) is 23.5 Å². The molecule has 0 bridgehead atoms. The van der Waals surface area contributed by atoms with Crippen molar-refractivity contribution >= 4 is 0 Å². The van der Waals surface area contributed by atoms with Gasteiger partial charge < -0.3 is 10.0 Å². The summed E-state index contributed by atoms with van der Waals surface area (Å²) in [6, 6.07) is 4.35. The molecule has 2 rings (SSSR count). The fourth-order valence-electron chi connectivity index (χ4n) is 3.68. The van der Waals surface area contributed by atoms with Gasteiger partial charge in [-0.25, -0.2) is 0 Å². The van der Waals surface area contributed by atoms with E-state index in [1.807, 2.05) is 0 Å². The molecule has 0 saturated carbocycles. The van der Waals surface area contributed by atoms with Gasteiger partial charge in [0, 0.05) is 6.54 Å². The second kappa shape index (κ2) is 6.50. The Balaban J connectivity index is 2.01. The van der Waals surface area contributed by atoms with Gasteiger partial charge >= 0.3 is 0 Å². The molecule has 1 saturated heterocycles. The summed E-state index contributed by atoms with van der Waals surface area (Å²) in [5, 5.41) is 10.7. The lowest BCUT2D eigenvalue weighted by Gasteiger charge is -2.39. The monoisotopic (exact) mass is 289 g/mol. The van der Waals surface area contributed by atoms with E-state index in [9.17, 15) is 5.11 Å². The van der Waals surface area contributed by atoms with E-state index in [0.717, 1.165) is 25.2 Å². The Morgan fingerprint density at radius 2 is 1.67 bits per heavy atom. The van der Waals surface area contributed by atoms with Crippen LogP contribution in [0, 0.1) is 26.2 Å². The average molecular weight is 289 g/mol. The van der Waals surface area contributed by atoms with Gasteiger partial charge in [0.05, 0.1) is 6.10 Å². The molecular formula is C19H31NO. The first-order valence-corrected chi connectivity index (χ1v) is 8.33. The first kappa shape index (κ1) is 16.5. The molecule has 1 N–H and O–H groups in total. The molecule has 2 nitrogen and oxygen atoms in total. The Labute approximate surface area is 130 Å². The van der Waals surface area contributed by atoms with E-state index in [1.165, 1.54) is 36.0 Å². The van der Waals surface area contributed by atoms with E-state index >= 15 is 0 Å². The lowest BCUT2D eigenvalue weighted by atomic mass is 9.78. The zero-order valence-electron chi connectivity index (χ0n) is 14.4. The Kier molecular flexibility index (Phi) is 5.11. The van der Waals surface area contributed by atoms with Gasteiger partial charge in [-0.15, -0.1) is 0 Å². The number of aryl methyl sites for hydroxylation is 3. The summed E-state index contributed by atoms with van der Waals surface area (Å²) in [4.78, 5) is 2.43. The Bertz CT molecular complexity index is 463. The number of rotatable bonds is 4. The predicted octanol–water partition coefficient (Wildman–Crippen LogP) is 4.16. The number of hydrogen-bond acceptors (Lipinski definition) is 2. The third-order valence-corrected chi connectivity index (χ3v) is 5.42. The molecule has 118 valence electrons. The lowest BCUT2D eigenvalue weighted by molar-refractivity contribution is 0.0621. The normalized spacial score (nSPS) is 20.5. The summed E-state index contributed by atoms with van der Waals surface area (Å²) in [5.74, 6) is 0. The highest BCUT2D eigenvalue weighted by Crippen LogP contribution is 2.34. The van der Waals surface area contributed by atoms with Gasteiger partial charge in [-0.3, -0.25) is 0 Å². The summed E-state index contributed by atoms with van der Waals surface area (Å²) < 4.78 is 0. The van der Waals surface area contributed by atoms with Gasteiger partial charge in [0.1, 0.15) is 0 Å². The van der Waals surface area contributed by atoms with Gasteiger partial charge in [0.15, 0.2) is 0 Å². The van der Waals surface area contributed by atoms with Crippen LogP contribution in [0.15, 0.2) is 12.1 Å². The third kappa shape index (κ3) is 3.87. The highest BCUT2D eigenvalue weighted by molar-refractivity contribution is 5.39. The fraction of sp³-hybridized carbons (Fsp3) is 0.684. The number of piperidine rings is 1. The van der Waals surface area contributed by atoms with Crippen LogP contribution in [0.5, 0.6) is 0 Å². The molecule has 0 aromatic heterocycles. The molecule has 1 aliphatic rings. The van der Waals surface area contributed by atoms with E-state index in [1.54, 1.807) is 0 Å². The predicted molar refractivity (Wildman–Crippen MR) is 89.7 cm³/mol. The van der Waals surface area contributed by atoms with Gasteiger partial charge in [0.2, 0.25) is 0 Å². The minimum absolute atomic E-state index is 0.364. The van der Waals surface area contributed by atoms with Crippen molar-refractivity contribution < 1.29 is 5.11 Å². The molecule has 1 aromatic carbocycles. The second-order valence-electron chi connectivity index (χ2n) is 7.29. The van der Waals surface area contributed by atoms with Crippen molar-refractivity contribution in [3.8, 4) is 0 Å². The molecule has 21 heavy (non-hydrogen) atoms. The van der Waals surface area contributed by atoms with Crippen LogP contribution >= 0.6 is 0 Å².